The van der Waals surface area contributed by atoms with E-state index in [0.29, 0.717) is 6.54 Å². The highest BCUT2D eigenvalue weighted by Gasteiger charge is 2.32. The molecular weight excluding hydrogens is 278 g/mol. The Bertz CT molecular complexity index is 578. The predicted octanol–water partition coefficient (Wildman–Crippen LogP) is 1.44. The predicted molar refractivity (Wildman–Crippen MR) is 75.8 cm³/mol. The van der Waals surface area contributed by atoms with E-state index in [1.54, 1.807) is 0 Å². The van der Waals surface area contributed by atoms with Crippen LogP contribution in [-0.2, 0) is 27.7 Å². The van der Waals surface area contributed by atoms with Crippen LogP contribution in [0.2, 0.25) is 0 Å². The zero-order valence-corrected chi connectivity index (χ0v) is 13.1. The maximum absolute atomic E-state index is 11.4. The third-order valence-corrected chi connectivity index (χ3v) is 4.34. The molecule has 0 aromatic carbocycles. The molecule has 0 aliphatic carbocycles. The van der Waals surface area contributed by atoms with E-state index in [4.69, 9.17) is 9.88 Å². The Morgan fingerprint density at radius 1 is 1.55 bits per heavy atom. The molecule has 6 nitrogen and oxygen atoms in total. The SMILES string of the molecule is CCCc1nc(S(N)(=O)=O)cn1CC1CCC(C)(C)O1. The maximum Gasteiger partial charge on any atom is 0.257 e. The van der Waals surface area contributed by atoms with Crippen LogP contribution < -0.4 is 5.14 Å². The number of primary sulfonamides is 1. The van der Waals surface area contributed by atoms with Crippen LogP contribution >= 0.6 is 0 Å². The normalized spacial score (nSPS) is 22.3. The minimum atomic E-state index is -3.75. The van der Waals surface area contributed by atoms with E-state index >= 15 is 0 Å². The summed E-state index contributed by atoms with van der Waals surface area (Å²) < 4.78 is 30.6. The van der Waals surface area contributed by atoms with Gasteiger partial charge in [0, 0.05) is 12.6 Å². The number of nitrogens with two attached hydrogens (primary N) is 1. The van der Waals surface area contributed by atoms with Gasteiger partial charge in [0.2, 0.25) is 0 Å². The molecule has 0 amide bonds. The number of hydrogen-bond donors (Lipinski definition) is 1. The first kappa shape index (κ1) is 15.5. The van der Waals surface area contributed by atoms with Crippen molar-refractivity contribution in [3.8, 4) is 0 Å². The number of rotatable bonds is 5. The zero-order valence-electron chi connectivity index (χ0n) is 12.3. The molecule has 0 bridgehead atoms. The molecule has 0 radical (unpaired) electrons. The van der Waals surface area contributed by atoms with Crippen molar-refractivity contribution < 1.29 is 13.2 Å². The van der Waals surface area contributed by atoms with Gasteiger partial charge >= 0.3 is 0 Å². The van der Waals surface area contributed by atoms with E-state index in [0.717, 1.165) is 31.5 Å². The minimum Gasteiger partial charge on any atom is -0.370 e. The quantitative estimate of drug-likeness (QED) is 0.891. The first-order valence-electron chi connectivity index (χ1n) is 6.98. The van der Waals surface area contributed by atoms with E-state index < -0.39 is 10.0 Å². The summed E-state index contributed by atoms with van der Waals surface area (Å²) in [4.78, 5) is 4.14. The van der Waals surface area contributed by atoms with E-state index in [2.05, 4.69) is 18.8 Å². The summed E-state index contributed by atoms with van der Waals surface area (Å²) in [5.41, 5.74) is -0.0983. The van der Waals surface area contributed by atoms with Crippen LogP contribution in [0.4, 0.5) is 0 Å². The molecule has 1 unspecified atom stereocenters. The lowest BCUT2D eigenvalue weighted by molar-refractivity contribution is -0.0220. The molecule has 1 fully saturated rings. The Balaban J connectivity index is 2.20. The number of ether oxygens (including phenoxy) is 1. The molecule has 1 atom stereocenters. The summed E-state index contributed by atoms with van der Waals surface area (Å²) in [6, 6.07) is 0. The van der Waals surface area contributed by atoms with Gasteiger partial charge in [-0.15, -0.1) is 0 Å². The molecule has 1 aliphatic rings. The number of aryl methyl sites for hydroxylation is 1. The number of sulfonamides is 1. The lowest BCUT2D eigenvalue weighted by Crippen LogP contribution is -2.23. The van der Waals surface area contributed by atoms with E-state index in [-0.39, 0.29) is 16.7 Å². The Hall–Kier alpha value is -0.920. The fraction of sp³-hybridized carbons (Fsp3) is 0.769. The zero-order chi connectivity index (χ0) is 15.0. The molecule has 1 aliphatic heterocycles. The first-order valence-corrected chi connectivity index (χ1v) is 8.52. The summed E-state index contributed by atoms with van der Waals surface area (Å²) in [5, 5.41) is 5.09. The Kier molecular flexibility index (Phi) is 4.22. The van der Waals surface area contributed by atoms with Crippen molar-refractivity contribution in [1.29, 1.82) is 0 Å². The number of nitrogens with zero attached hydrogens (tertiary/aromatic N) is 2. The summed E-state index contributed by atoms with van der Waals surface area (Å²) in [6.07, 6.45) is 5.24. The van der Waals surface area contributed by atoms with Crippen molar-refractivity contribution in [3.05, 3.63) is 12.0 Å². The number of aromatic nitrogens is 2. The fourth-order valence-corrected chi connectivity index (χ4v) is 3.08. The van der Waals surface area contributed by atoms with Gasteiger partial charge in [-0.05, 0) is 33.1 Å². The highest BCUT2D eigenvalue weighted by atomic mass is 32.2. The lowest BCUT2D eigenvalue weighted by atomic mass is 10.1. The van der Waals surface area contributed by atoms with Crippen LogP contribution in [0.3, 0.4) is 0 Å². The van der Waals surface area contributed by atoms with E-state index in [1.165, 1.54) is 6.20 Å². The van der Waals surface area contributed by atoms with Gasteiger partial charge in [0.25, 0.3) is 10.0 Å². The number of hydrogen-bond acceptors (Lipinski definition) is 4. The monoisotopic (exact) mass is 301 g/mol. The van der Waals surface area contributed by atoms with E-state index in [9.17, 15) is 8.42 Å². The molecular formula is C13H23N3O3S. The topological polar surface area (TPSA) is 87.2 Å². The van der Waals surface area contributed by atoms with Crippen LogP contribution in [0.5, 0.6) is 0 Å². The molecule has 114 valence electrons. The molecule has 0 saturated carbocycles. The van der Waals surface area contributed by atoms with Crippen LogP contribution in [0.25, 0.3) is 0 Å². The summed E-state index contributed by atoms with van der Waals surface area (Å²) in [5.74, 6) is 0.754. The van der Waals surface area contributed by atoms with Crippen LogP contribution in [0.1, 0.15) is 45.9 Å². The average Bonchev–Trinajstić information content (AvgIpc) is 2.84. The van der Waals surface area contributed by atoms with Crippen LogP contribution in [0, 0.1) is 0 Å². The molecule has 1 saturated heterocycles. The van der Waals surface area contributed by atoms with Crippen molar-refractivity contribution in [2.75, 3.05) is 0 Å². The van der Waals surface area contributed by atoms with Crippen molar-refractivity contribution in [2.24, 2.45) is 5.14 Å². The lowest BCUT2D eigenvalue weighted by Gasteiger charge is -2.20. The fourth-order valence-electron chi connectivity index (χ4n) is 2.57. The van der Waals surface area contributed by atoms with Crippen molar-refractivity contribution in [1.82, 2.24) is 9.55 Å². The second-order valence-corrected chi connectivity index (χ2v) is 7.49. The smallest absolute Gasteiger partial charge is 0.257 e. The highest BCUT2D eigenvalue weighted by Crippen LogP contribution is 2.30. The molecule has 20 heavy (non-hydrogen) atoms. The van der Waals surface area contributed by atoms with Crippen molar-refractivity contribution in [3.63, 3.8) is 0 Å². The van der Waals surface area contributed by atoms with Gasteiger partial charge in [0.1, 0.15) is 5.82 Å². The first-order chi connectivity index (χ1) is 9.21. The van der Waals surface area contributed by atoms with Gasteiger partial charge in [0.15, 0.2) is 5.03 Å². The summed E-state index contributed by atoms with van der Waals surface area (Å²) in [7, 11) is -3.75. The van der Waals surface area contributed by atoms with Gasteiger partial charge in [-0.25, -0.2) is 18.5 Å². The molecule has 0 spiro atoms. The second kappa shape index (κ2) is 5.46. The largest absolute Gasteiger partial charge is 0.370 e. The summed E-state index contributed by atoms with van der Waals surface area (Å²) in [6.45, 7) is 6.80. The van der Waals surface area contributed by atoms with Crippen molar-refractivity contribution in [2.45, 2.75) is 69.7 Å². The highest BCUT2D eigenvalue weighted by molar-refractivity contribution is 7.89. The number of imidazole rings is 1. The minimum absolute atomic E-state index is 0.0572. The Morgan fingerprint density at radius 3 is 2.75 bits per heavy atom. The van der Waals surface area contributed by atoms with Gasteiger partial charge in [-0.3, -0.25) is 0 Å². The molecule has 1 aromatic rings. The van der Waals surface area contributed by atoms with Gasteiger partial charge in [-0.2, -0.15) is 0 Å². The van der Waals surface area contributed by atoms with Crippen molar-refractivity contribution >= 4 is 10.0 Å². The van der Waals surface area contributed by atoms with Crippen LogP contribution in [-0.4, -0.2) is 29.7 Å². The third kappa shape index (κ3) is 3.59. The second-order valence-electron chi connectivity index (χ2n) is 5.98. The third-order valence-electron chi connectivity index (χ3n) is 3.56. The Morgan fingerprint density at radius 2 is 2.25 bits per heavy atom. The molecule has 1 aromatic heterocycles. The summed E-state index contributed by atoms with van der Waals surface area (Å²) >= 11 is 0. The maximum atomic E-state index is 11.4. The molecule has 7 heteroatoms. The van der Waals surface area contributed by atoms with Gasteiger partial charge in [-0.1, -0.05) is 6.92 Å². The van der Waals surface area contributed by atoms with E-state index in [1.807, 2.05) is 11.5 Å². The van der Waals surface area contributed by atoms with Gasteiger partial charge in [0.05, 0.1) is 18.2 Å². The van der Waals surface area contributed by atoms with Gasteiger partial charge < -0.3 is 9.30 Å². The average molecular weight is 301 g/mol. The molecule has 2 N–H and O–H groups in total. The molecule has 2 rings (SSSR count). The standard InChI is InChI=1S/C13H23N3O3S/c1-4-5-11-15-12(20(14,17)18)9-16(11)8-10-6-7-13(2,3)19-10/h9-10H,4-8H2,1-3H3,(H2,14,17,18). The molecule has 2 heterocycles. The Labute approximate surface area is 120 Å². The van der Waals surface area contributed by atoms with Crippen LogP contribution in [0.15, 0.2) is 11.2 Å².